The van der Waals surface area contributed by atoms with Gasteiger partial charge >= 0.3 is 0 Å². The van der Waals surface area contributed by atoms with Crippen molar-refractivity contribution in [3.63, 3.8) is 0 Å². The molecule has 0 saturated heterocycles. The highest BCUT2D eigenvalue weighted by Crippen LogP contribution is 2.25. The van der Waals surface area contributed by atoms with E-state index in [1.165, 1.54) is 11.3 Å². The number of aromatic nitrogens is 1. The van der Waals surface area contributed by atoms with Gasteiger partial charge in [-0.15, -0.1) is 11.3 Å². The number of nitrogens with zero attached hydrogens (tertiary/aromatic N) is 1. The van der Waals surface area contributed by atoms with Gasteiger partial charge in [-0.3, -0.25) is 4.98 Å². The molecule has 0 aliphatic carbocycles. The number of rotatable bonds is 4. The van der Waals surface area contributed by atoms with E-state index in [0.29, 0.717) is 11.8 Å². The first kappa shape index (κ1) is 9.68. The maximum Gasteiger partial charge on any atom is 0.0794 e. The minimum Gasteiger partial charge on any atom is -0.330 e. The first-order chi connectivity index (χ1) is 5.74. The van der Waals surface area contributed by atoms with Gasteiger partial charge in [0.25, 0.3) is 0 Å². The van der Waals surface area contributed by atoms with Crippen molar-refractivity contribution < 1.29 is 0 Å². The molecule has 1 rings (SSSR count). The highest BCUT2D eigenvalue weighted by atomic mass is 32.1. The van der Waals surface area contributed by atoms with Crippen molar-refractivity contribution in [1.29, 1.82) is 0 Å². The smallest absolute Gasteiger partial charge is 0.0794 e. The van der Waals surface area contributed by atoms with E-state index in [9.17, 15) is 0 Å². The van der Waals surface area contributed by atoms with Crippen molar-refractivity contribution in [3.8, 4) is 0 Å². The average molecular weight is 184 g/mol. The van der Waals surface area contributed by atoms with Crippen LogP contribution in [-0.2, 0) is 0 Å². The molecule has 0 bridgehead atoms. The molecule has 1 unspecified atom stereocenters. The summed E-state index contributed by atoms with van der Waals surface area (Å²) in [5.41, 5.74) is 7.56. The first-order valence-electron chi connectivity index (χ1n) is 4.32. The van der Waals surface area contributed by atoms with Crippen LogP contribution >= 0.6 is 11.3 Å². The summed E-state index contributed by atoms with van der Waals surface area (Å²) in [6, 6.07) is 0. The molecule has 0 aromatic carbocycles. The molecule has 2 N–H and O–H groups in total. The lowest BCUT2D eigenvalue weighted by molar-refractivity contribution is 0.509. The number of nitrogens with two attached hydrogens (primary N) is 1. The molecule has 1 heterocycles. The fraction of sp³-hybridized carbons (Fsp3) is 0.667. The first-order valence-corrected chi connectivity index (χ1v) is 5.20. The zero-order valence-electron chi connectivity index (χ0n) is 7.66. The summed E-state index contributed by atoms with van der Waals surface area (Å²) in [6.07, 6.45) is 3.10. The Hall–Kier alpha value is -0.410. The van der Waals surface area contributed by atoms with Crippen molar-refractivity contribution in [2.24, 2.45) is 11.7 Å². The molecule has 1 atom stereocenters. The zero-order valence-corrected chi connectivity index (χ0v) is 8.47. The van der Waals surface area contributed by atoms with E-state index in [4.69, 9.17) is 5.73 Å². The van der Waals surface area contributed by atoms with Crippen LogP contribution in [0.1, 0.15) is 31.1 Å². The third kappa shape index (κ3) is 2.57. The molecule has 12 heavy (non-hydrogen) atoms. The Morgan fingerprint density at radius 2 is 2.33 bits per heavy atom. The lowest BCUT2D eigenvalue weighted by Gasteiger charge is -2.14. The number of hydrogen-bond acceptors (Lipinski definition) is 3. The van der Waals surface area contributed by atoms with Crippen molar-refractivity contribution in [2.75, 3.05) is 6.54 Å². The van der Waals surface area contributed by atoms with E-state index < -0.39 is 0 Å². The maximum atomic E-state index is 5.69. The third-order valence-corrected chi connectivity index (χ3v) is 2.83. The van der Waals surface area contributed by atoms with Gasteiger partial charge in [0.05, 0.1) is 5.51 Å². The van der Waals surface area contributed by atoms with Crippen LogP contribution in [0, 0.1) is 5.92 Å². The monoisotopic (exact) mass is 184 g/mol. The average Bonchev–Trinajstić information content (AvgIpc) is 2.51. The molecule has 3 heteroatoms. The molecule has 68 valence electrons. The van der Waals surface area contributed by atoms with Gasteiger partial charge in [0.2, 0.25) is 0 Å². The minimum absolute atomic E-state index is 0.512. The van der Waals surface area contributed by atoms with E-state index in [-0.39, 0.29) is 0 Å². The van der Waals surface area contributed by atoms with Gasteiger partial charge in [-0.1, -0.05) is 13.8 Å². The summed E-state index contributed by atoms with van der Waals surface area (Å²) in [6.45, 7) is 5.19. The Morgan fingerprint density at radius 3 is 2.75 bits per heavy atom. The molecule has 0 fully saturated rings. The van der Waals surface area contributed by atoms with Crippen LogP contribution in [-0.4, -0.2) is 11.5 Å². The van der Waals surface area contributed by atoms with Crippen LogP contribution in [0.4, 0.5) is 0 Å². The zero-order chi connectivity index (χ0) is 8.97. The van der Waals surface area contributed by atoms with Gasteiger partial charge < -0.3 is 5.73 Å². The molecule has 0 radical (unpaired) electrons. The Balaban J connectivity index is 2.57. The highest BCUT2D eigenvalue weighted by molar-refractivity contribution is 7.09. The predicted octanol–water partition coefficient (Wildman–Crippen LogP) is 2.23. The van der Waals surface area contributed by atoms with Crippen LogP contribution in [0.25, 0.3) is 0 Å². The van der Waals surface area contributed by atoms with Crippen LogP contribution in [0.3, 0.4) is 0 Å². The minimum atomic E-state index is 0.512. The molecular weight excluding hydrogens is 168 g/mol. The SMILES string of the molecule is CC(C)CC(CN)c1cncs1. The molecule has 0 spiro atoms. The molecule has 1 aromatic heterocycles. The van der Waals surface area contributed by atoms with E-state index in [2.05, 4.69) is 18.8 Å². The second kappa shape index (κ2) is 4.58. The standard InChI is InChI=1S/C9H16N2S/c1-7(2)3-8(4-10)9-5-11-6-12-9/h5-8H,3-4,10H2,1-2H3. The van der Waals surface area contributed by atoms with Crippen LogP contribution in [0.5, 0.6) is 0 Å². The van der Waals surface area contributed by atoms with Crippen molar-refractivity contribution >= 4 is 11.3 Å². The summed E-state index contributed by atoms with van der Waals surface area (Å²) in [5.74, 6) is 1.22. The van der Waals surface area contributed by atoms with Gasteiger partial charge in [-0.2, -0.15) is 0 Å². The Kier molecular flexibility index (Phi) is 3.69. The Labute approximate surface area is 77.8 Å². The van der Waals surface area contributed by atoms with Crippen LogP contribution in [0.2, 0.25) is 0 Å². The van der Waals surface area contributed by atoms with Gasteiger partial charge in [-0.25, -0.2) is 0 Å². The van der Waals surface area contributed by atoms with Crippen LogP contribution < -0.4 is 5.73 Å². The maximum absolute atomic E-state index is 5.69. The van der Waals surface area contributed by atoms with E-state index >= 15 is 0 Å². The largest absolute Gasteiger partial charge is 0.330 e. The van der Waals surface area contributed by atoms with Crippen molar-refractivity contribution in [2.45, 2.75) is 26.2 Å². The summed E-state index contributed by atoms with van der Waals surface area (Å²) < 4.78 is 0. The summed E-state index contributed by atoms with van der Waals surface area (Å²) in [4.78, 5) is 5.39. The van der Waals surface area contributed by atoms with Crippen molar-refractivity contribution in [3.05, 3.63) is 16.6 Å². The lowest BCUT2D eigenvalue weighted by atomic mass is 9.96. The number of thiazole rings is 1. The predicted molar refractivity (Wildman–Crippen MR) is 53.4 cm³/mol. The summed E-state index contributed by atoms with van der Waals surface area (Å²) >= 11 is 1.71. The number of hydrogen-bond donors (Lipinski definition) is 1. The molecule has 0 aliphatic heterocycles. The normalized spacial score (nSPS) is 13.7. The van der Waals surface area contributed by atoms with E-state index in [1.54, 1.807) is 11.3 Å². The summed E-state index contributed by atoms with van der Waals surface area (Å²) in [7, 11) is 0. The lowest BCUT2D eigenvalue weighted by Crippen LogP contribution is -2.13. The molecule has 0 saturated carbocycles. The van der Waals surface area contributed by atoms with Crippen molar-refractivity contribution in [1.82, 2.24) is 4.98 Å². The molecule has 2 nitrogen and oxygen atoms in total. The molecule has 0 aliphatic rings. The van der Waals surface area contributed by atoms with Gasteiger partial charge in [0.1, 0.15) is 0 Å². The molecule has 1 aromatic rings. The van der Waals surface area contributed by atoms with Crippen LogP contribution in [0.15, 0.2) is 11.7 Å². The Bertz CT molecular complexity index is 206. The highest BCUT2D eigenvalue weighted by Gasteiger charge is 2.12. The van der Waals surface area contributed by atoms with Gasteiger partial charge in [0, 0.05) is 23.5 Å². The second-order valence-electron chi connectivity index (χ2n) is 3.47. The molecule has 0 amide bonds. The van der Waals surface area contributed by atoms with E-state index in [0.717, 1.165) is 6.54 Å². The summed E-state index contributed by atoms with van der Waals surface area (Å²) in [5, 5.41) is 0. The van der Waals surface area contributed by atoms with Gasteiger partial charge in [0.15, 0.2) is 0 Å². The fourth-order valence-electron chi connectivity index (χ4n) is 1.32. The third-order valence-electron chi connectivity index (χ3n) is 1.89. The van der Waals surface area contributed by atoms with Gasteiger partial charge in [-0.05, 0) is 12.3 Å². The second-order valence-corrected chi connectivity index (χ2v) is 4.38. The topological polar surface area (TPSA) is 38.9 Å². The van der Waals surface area contributed by atoms with E-state index in [1.807, 2.05) is 11.7 Å². The fourth-order valence-corrected chi connectivity index (χ4v) is 2.07. The molecular formula is C9H16N2S. The Morgan fingerprint density at radius 1 is 1.58 bits per heavy atom. The quantitative estimate of drug-likeness (QED) is 0.779.